The molecular formula is C16H19N7O2. The average Bonchev–Trinajstić information content (AvgIpc) is 3.32. The lowest BCUT2D eigenvalue weighted by Gasteiger charge is -2.28. The molecule has 1 aliphatic carbocycles. The number of methoxy groups -OCH3 is 1. The van der Waals surface area contributed by atoms with E-state index in [1.165, 1.54) is 0 Å². The lowest BCUT2D eigenvalue weighted by Crippen LogP contribution is -2.39. The van der Waals surface area contributed by atoms with Crippen LogP contribution >= 0.6 is 0 Å². The van der Waals surface area contributed by atoms with Crippen LogP contribution < -0.4 is 5.32 Å². The molecule has 0 bridgehead atoms. The van der Waals surface area contributed by atoms with Crippen LogP contribution in [-0.4, -0.2) is 54.9 Å². The lowest BCUT2D eigenvalue weighted by atomic mass is 9.93. The highest BCUT2D eigenvalue weighted by molar-refractivity contribution is 6.02. The molecule has 0 aromatic carbocycles. The van der Waals surface area contributed by atoms with Gasteiger partial charge in [-0.25, -0.2) is 15.0 Å². The summed E-state index contributed by atoms with van der Waals surface area (Å²) in [5.74, 6) is 0.165. The number of carbonyl (C=O) groups is 1. The number of nitrogens with zero attached hydrogens (tertiary/aromatic N) is 5. The molecule has 3 aromatic rings. The van der Waals surface area contributed by atoms with Crippen LogP contribution in [0.3, 0.4) is 0 Å². The minimum absolute atomic E-state index is 0.128. The fraction of sp³-hybridized carbons (Fsp3) is 0.438. The van der Waals surface area contributed by atoms with Gasteiger partial charge in [0, 0.05) is 25.5 Å². The van der Waals surface area contributed by atoms with Crippen molar-refractivity contribution in [3.8, 4) is 5.95 Å². The monoisotopic (exact) mass is 341 g/mol. The molecule has 1 fully saturated rings. The Morgan fingerprint density at radius 1 is 1.32 bits per heavy atom. The van der Waals surface area contributed by atoms with E-state index in [4.69, 9.17) is 4.74 Å². The van der Waals surface area contributed by atoms with E-state index >= 15 is 0 Å². The largest absolute Gasteiger partial charge is 0.381 e. The Labute approximate surface area is 143 Å². The summed E-state index contributed by atoms with van der Waals surface area (Å²) < 4.78 is 7.04. The number of carbonyl (C=O) groups excluding carboxylic acids is 1. The van der Waals surface area contributed by atoms with Gasteiger partial charge in [-0.2, -0.15) is 5.10 Å². The molecule has 2 N–H and O–H groups in total. The number of hydrogen-bond acceptors (Lipinski definition) is 6. The first-order chi connectivity index (χ1) is 12.2. The molecule has 0 aliphatic heterocycles. The van der Waals surface area contributed by atoms with Crippen molar-refractivity contribution in [2.75, 3.05) is 7.11 Å². The van der Waals surface area contributed by atoms with Gasteiger partial charge in [-0.3, -0.25) is 14.5 Å². The second kappa shape index (κ2) is 6.60. The maximum absolute atomic E-state index is 12.8. The third-order valence-electron chi connectivity index (χ3n) is 4.58. The summed E-state index contributed by atoms with van der Waals surface area (Å²) in [5, 5.41) is 9.88. The van der Waals surface area contributed by atoms with Crippen LogP contribution in [0.25, 0.3) is 17.0 Å². The number of hydrogen-bond donors (Lipinski definition) is 2. The molecule has 1 aliphatic rings. The zero-order valence-corrected chi connectivity index (χ0v) is 13.8. The third kappa shape index (κ3) is 3.10. The van der Waals surface area contributed by atoms with E-state index < -0.39 is 0 Å². The van der Waals surface area contributed by atoms with Gasteiger partial charge in [-0.1, -0.05) is 0 Å². The van der Waals surface area contributed by atoms with Crippen molar-refractivity contribution in [2.45, 2.75) is 37.8 Å². The summed E-state index contributed by atoms with van der Waals surface area (Å²) in [6.45, 7) is 0. The van der Waals surface area contributed by atoms with Crippen molar-refractivity contribution in [1.82, 2.24) is 35.0 Å². The fourth-order valence-electron chi connectivity index (χ4n) is 3.18. The van der Waals surface area contributed by atoms with Gasteiger partial charge in [0.15, 0.2) is 5.69 Å². The zero-order chi connectivity index (χ0) is 17.2. The van der Waals surface area contributed by atoms with E-state index in [2.05, 4.69) is 30.5 Å². The number of nitrogens with one attached hydrogen (secondary N) is 2. The molecule has 0 radical (unpaired) electrons. The Balaban J connectivity index is 1.59. The molecule has 9 nitrogen and oxygen atoms in total. The van der Waals surface area contributed by atoms with E-state index in [1.807, 2.05) is 0 Å². The van der Waals surface area contributed by atoms with Crippen LogP contribution in [0.4, 0.5) is 0 Å². The van der Waals surface area contributed by atoms with Crippen LogP contribution in [-0.2, 0) is 4.74 Å². The number of H-pyrrole nitrogens is 1. The molecule has 3 heterocycles. The quantitative estimate of drug-likeness (QED) is 0.738. The Hall–Kier alpha value is -2.81. The van der Waals surface area contributed by atoms with Gasteiger partial charge in [-0.15, -0.1) is 0 Å². The summed E-state index contributed by atoms with van der Waals surface area (Å²) in [6, 6.07) is 0.128. The van der Waals surface area contributed by atoms with Crippen molar-refractivity contribution in [2.24, 2.45) is 0 Å². The standard InChI is InChI=1S/C16H19N7O2/c1-25-11-4-2-10(3-5-11)19-15(24)14-13-12(8-18-22-13)20-16(21-14)23-7-6-17-9-23/h6-11H,2-5H2,1H3,(H,18,22)(H,19,24)/t10-,11-. The number of aromatic nitrogens is 6. The van der Waals surface area contributed by atoms with Gasteiger partial charge < -0.3 is 10.1 Å². The first-order valence-electron chi connectivity index (χ1n) is 8.27. The maximum atomic E-state index is 12.8. The van der Waals surface area contributed by atoms with Crippen LogP contribution in [0.1, 0.15) is 36.2 Å². The lowest BCUT2D eigenvalue weighted by molar-refractivity contribution is 0.0598. The van der Waals surface area contributed by atoms with Gasteiger partial charge in [0.05, 0.1) is 12.3 Å². The van der Waals surface area contributed by atoms with E-state index in [-0.39, 0.29) is 11.9 Å². The predicted molar refractivity (Wildman–Crippen MR) is 89.3 cm³/mol. The molecular weight excluding hydrogens is 322 g/mol. The highest BCUT2D eigenvalue weighted by atomic mass is 16.5. The summed E-state index contributed by atoms with van der Waals surface area (Å²) in [6.07, 6.45) is 10.5. The smallest absolute Gasteiger partial charge is 0.272 e. The van der Waals surface area contributed by atoms with E-state index in [9.17, 15) is 4.79 Å². The number of fused-ring (bicyclic) bond motifs is 1. The van der Waals surface area contributed by atoms with Gasteiger partial charge >= 0.3 is 0 Å². The molecule has 3 aromatic heterocycles. The second-order valence-corrected chi connectivity index (χ2v) is 6.16. The van der Waals surface area contributed by atoms with Crippen molar-refractivity contribution in [3.63, 3.8) is 0 Å². The predicted octanol–water partition coefficient (Wildman–Crippen LogP) is 1.23. The Morgan fingerprint density at radius 3 is 2.88 bits per heavy atom. The minimum atomic E-state index is -0.223. The first-order valence-corrected chi connectivity index (χ1v) is 8.27. The van der Waals surface area contributed by atoms with Crippen LogP contribution in [0, 0.1) is 0 Å². The molecule has 4 rings (SSSR count). The van der Waals surface area contributed by atoms with Gasteiger partial charge in [0.25, 0.3) is 5.91 Å². The topological polar surface area (TPSA) is 111 Å². The molecule has 0 atom stereocenters. The molecule has 1 saturated carbocycles. The van der Waals surface area contributed by atoms with Gasteiger partial charge in [-0.05, 0) is 25.7 Å². The van der Waals surface area contributed by atoms with E-state index in [0.717, 1.165) is 25.7 Å². The van der Waals surface area contributed by atoms with Gasteiger partial charge in [0.2, 0.25) is 5.95 Å². The summed E-state index contributed by atoms with van der Waals surface area (Å²) >= 11 is 0. The normalized spacial score (nSPS) is 20.7. The summed E-state index contributed by atoms with van der Waals surface area (Å²) in [7, 11) is 1.73. The van der Waals surface area contributed by atoms with Crippen LogP contribution in [0.15, 0.2) is 24.9 Å². The minimum Gasteiger partial charge on any atom is -0.381 e. The summed E-state index contributed by atoms with van der Waals surface area (Å²) in [5.41, 5.74) is 1.42. The Morgan fingerprint density at radius 2 is 2.16 bits per heavy atom. The molecule has 0 spiro atoms. The van der Waals surface area contributed by atoms with Crippen LogP contribution in [0.5, 0.6) is 0 Å². The van der Waals surface area contributed by atoms with E-state index in [1.54, 1.807) is 36.6 Å². The molecule has 0 saturated heterocycles. The molecule has 9 heteroatoms. The molecule has 0 unspecified atom stereocenters. The average molecular weight is 341 g/mol. The number of ether oxygens (including phenoxy) is 1. The first kappa shape index (κ1) is 15.7. The van der Waals surface area contributed by atoms with Crippen molar-refractivity contribution >= 4 is 16.9 Å². The third-order valence-corrected chi connectivity index (χ3v) is 4.58. The maximum Gasteiger partial charge on any atom is 0.272 e. The second-order valence-electron chi connectivity index (χ2n) is 6.16. The highest BCUT2D eigenvalue weighted by Crippen LogP contribution is 2.21. The zero-order valence-electron chi connectivity index (χ0n) is 13.8. The fourth-order valence-corrected chi connectivity index (χ4v) is 3.18. The molecule has 130 valence electrons. The van der Waals surface area contributed by atoms with Gasteiger partial charge in [0.1, 0.15) is 17.4 Å². The molecule has 1 amide bonds. The number of amides is 1. The Kier molecular flexibility index (Phi) is 4.14. The van der Waals surface area contributed by atoms with Crippen molar-refractivity contribution < 1.29 is 9.53 Å². The number of aromatic amines is 1. The summed E-state index contributed by atoms with van der Waals surface area (Å²) in [4.78, 5) is 25.6. The van der Waals surface area contributed by atoms with Crippen molar-refractivity contribution in [3.05, 3.63) is 30.6 Å². The highest BCUT2D eigenvalue weighted by Gasteiger charge is 2.24. The number of rotatable bonds is 4. The van der Waals surface area contributed by atoms with Crippen LogP contribution in [0.2, 0.25) is 0 Å². The Bertz CT molecular complexity index is 866. The van der Waals surface area contributed by atoms with E-state index in [0.29, 0.717) is 28.8 Å². The number of imidazole rings is 1. The SMILES string of the molecule is CO[C@H]1CC[C@H](NC(=O)c2nc(-n3ccnc3)nc3cn[nH]c23)CC1. The van der Waals surface area contributed by atoms with Crippen molar-refractivity contribution in [1.29, 1.82) is 0 Å². The molecule has 25 heavy (non-hydrogen) atoms.